The standard InChI is InChI=1S/C14H14N4/c1-3-10-4-6-11(7-5-10)14-17-12(9-15)8-13(16-2)18-14/h4-8H,3H2,1-2H3,(H,16,17,18). The van der Waals surface area contributed by atoms with Crippen molar-refractivity contribution >= 4 is 5.82 Å². The minimum atomic E-state index is 0.365. The Kier molecular flexibility index (Phi) is 3.54. The predicted octanol–water partition coefficient (Wildman–Crippen LogP) is 2.62. The van der Waals surface area contributed by atoms with Gasteiger partial charge in [-0.15, -0.1) is 0 Å². The maximum absolute atomic E-state index is 8.94. The van der Waals surface area contributed by atoms with E-state index in [-0.39, 0.29) is 0 Å². The number of nitriles is 1. The zero-order valence-corrected chi connectivity index (χ0v) is 10.4. The van der Waals surface area contributed by atoms with Gasteiger partial charge in [0, 0.05) is 18.7 Å². The van der Waals surface area contributed by atoms with Crippen LogP contribution in [0.2, 0.25) is 0 Å². The molecule has 1 aromatic heterocycles. The Labute approximate surface area is 106 Å². The van der Waals surface area contributed by atoms with Gasteiger partial charge in [-0.25, -0.2) is 9.97 Å². The van der Waals surface area contributed by atoms with Crippen molar-refractivity contribution in [1.29, 1.82) is 5.26 Å². The lowest BCUT2D eigenvalue weighted by Gasteiger charge is -2.05. The first-order chi connectivity index (χ1) is 8.76. The Hall–Kier alpha value is -2.41. The molecule has 0 aliphatic heterocycles. The fourth-order valence-corrected chi connectivity index (χ4v) is 1.65. The van der Waals surface area contributed by atoms with E-state index >= 15 is 0 Å². The molecule has 0 saturated heterocycles. The van der Waals surface area contributed by atoms with Crippen molar-refractivity contribution in [2.75, 3.05) is 12.4 Å². The molecule has 1 aromatic carbocycles. The molecule has 0 amide bonds. The second kappa shape index (κ2) is 5.28. The van der Waals surface area contributed by atoms with Gasteiger partial charge in [-0.2, -0.15) is 5.26 Å². The smallest absolute Gasteiger partial charge is 0.162 e. The third-order valence-electron chi connectivity index (χ3n) is 2.72. The van der Waals surface area contributed by atoms with Gasteiger partial charge in [0.05, 0.1) is 0 Å². The summed E-state index contributed by atoms with van der Waals surface area (Å²) in [5.74, 6) is 1.22. The van der Waals surface area contributed by atoms with Crippen molar-refractivity contribution in [2.24, 2.45) is 0 Å². The molecule has 0 aliphatic rings. The summed E-state index contributed by atoms with van der Waals surface area (Å²) in [5, 5.41) is 11.9. The fraction of sp³-hybridized carbons (Fsp3) is 0.214. The minimum Gasteiger partial charge on any atom is -0.373 e. The number of nitrogens with one attached hydrogen (secondary N) is 1. The molecule has 2 rings (SSSR count). The molecule has 18 heavy (non-hydrogen) atoms. The zero-order chi connectivity index (χ0) is 13.0. The van der Waals surface area contributed by atoms with E-state index in [0.29, 0.717) is 17.3 Å². The lowest BCUT2D eigenvalue weighted by molar-refractivity contribution is 1.12. The van der Waals surface area contributed by atoms with Crippen LogP contribution >= 0.6 is 0 Å². The normalized spacial score (nSPS) is 9.83. The number of hydrogen-bond acceptors (Lipinski definition) is 4. The maximum atomic E-state index is 8.94. The molecule has 0 fully saturated rings. The Balaban J connectivity index is 2.45. The predicted molar refractivity (Wildman–Crippen MR) is 71.1 cm³/mol. The summed E-state index contributed by atoms with van der Waals surface area (Å²) < 4.78 is 0. The molecule has 0 bridgehead atoms. The van der Waals surface area contributed by atoms with E-state index in [0.717, 1.165) is 12.0 Å². The fourth-order valence-electron chi connectivity index (χ4n) is 1.65. The SMILES string of the molecule is CCc1ccc(-c2nc(C#N)cc(NC)n2)cc1. The summed E-state index contributed by atoms with van der Waals surface area (Å²) in [4.78, 5) is 8.57. The van der Waals surface area contributed by atoms with Crippen LogP contribution in [0.4, 0.5) is 5.82 Å². The van der Waals surface area contributed by atoms with Crippen molar-refractivity contribution in [1.82, 2.24) is 9.97 Å². The van der Waals surface area contributed by atoms with Gasteiger partial charge in [0.1, 0.15) is 17.6 Å². The Bertz CT molecular complexity index is 582. The second-order valence-corrected chi connectivity index (χ2v) is 3.87. The van der Waals surface area contributed by atoms with E-state index in [1.807, 2.05) is 18.2 Å². The summed E-state index contributed by atoms with van der Waals surface area (Å²) in [5.41, 5.74) is 2.55. The average Bonchev–Trinajstić information content (AvgIpc) is 2.46. The van der Waals surface area contributed by atoms with E-state index in [1.165, 1.54) is 5.56 Å². The highest BCUT2D eigenvalue weighted by atomic mass is 15.0. The van der Waals surface area contributed by atoms with Gasteiger partial charge in [0.15, 0.2) is 5.82 Å². The van der Waals surface area contributed by atoms with Crippen LogP contribution in [-0.2, 0) is 6.42 Å². The molecule has 4 heteroatoms. The molecule has 0 aliphatic carbocycles. The van der Waals surface area contributed by atoms with Crippen molar-refractivity contribution in [3.8, 4) is 17.5 Å². The summed E-state index contributed by atoms with van der Waals surface area (Å²) >= 11 is 0. The molecule has 4 nitrogen and oxygen atoms in total. The minimum absolute atomic E-state index is 0.365. The van der Waals surface area contributed by atoms with Gasteiger partial charge in [-0.05, 0) is 12.0 Å². The molecule has 0 saturated carbocycles. The topological polar surface area (TPSA) is 61.6 Å². The van der Waals surface area contributed by atoms with Gasteiger partial charge in [-0.3, -0.25) is 0 Å². The number of benzene rings is 1. The van der Waals surface area contributed by atoms with Gasteiger partial charge in [0.25, 0.3) is 0 Å². The van der Waals surface area contributed by atoms with Crippen molar-refractivity contribution in [3.05, 3.63) is 41.6 Å². The molecular formula is C14H14N4. The Morgan fingerprint density at radius 3 is 2.50 bits per heavy atom. The quantitative estimate of drug-likeness (QED) is 0.892. The molecule has 0 radical (unpaired) electrons. The second-order valence-electron chi connectivity index (χ2n) is 3.87. The molecule has 0 atom stereocenters. The number of rotatable bonds is 3. The van der Waals surface area contributed by atoms with E-state index in [2.05, 4.69) is 34.3 Å². The molecule has 1 heterocycles. The maximum Gasteiger partial charge on any atom is 0.162 e. The number of aromatic nitrogens is 2. The highest BCUT2D eigenvalue weighted by Crippen LogP contribution is 2.18. The number of hydrogen-bond donors (Lipinski definition) is 1. The summed E-state index contributed by atoms with van der Waals surface area (Å²) in [6.07, 6.45) is 1.00. The first-order valence-electron chi connectivity index (χ1n) is 5.83. The Morgan fingerprint density at radius 1 is 1.22 bits per heavy atom. The van der Waals surface area contributed by atoms with Crippen LogP contribution in [0.5, 0.6) is 0 Å². The van der Waals surface area contributed by atoms with Crippen molar-refractivity contribution in [2.45, 2.75) is 13.3 Å². The highest BCUT2D eigenvalue weighted by molar-refractivity contribution is 5.58. The van der Waals surface area contributed by atoms with Crippen LogP contribution in [0.25, 0.3) is 11.4 Å². The van der Waals surface area contributed by atoms with E-state index < -0.39 is 0 Å². The van der Waals surface area contributed by atoms with Crippen LogP contribution in [0.3, 0.4) is 0 Å². The summed E-state index contributed by atoms with van der Waals surface area (Å²) in [6, 6.07) is 11.7. The highest BCUT2D eigenvalue weighted by Gasteiger charge is 2.05. The van der Waals surface area contributed by atoms with Crippen LogP contribution < -0.4 is 5.32 Å². The molecule has 90 valence electrons. The van der Waals surface area contributed by atoms with E-state index in [1.54, 1.807) is 13.1 Å². The van der Waals surface area contributed by atoms with Crippen LogP contribution in [0.15, 0.2) is 30.3 Å². The third kappa shape index (κ3) is 2.46. The summed E-state index contributed by atoms with van der Waals surface area (Å²) in [6.45, 7) is 2.11. The zero-order valence-electron chi connectivity index (χ0n) is 10.4. The monoisotopic (exact) mass is 238 g/mol. The van der Waals surface area contributed by atoms with Crippen LogP contribution in [0, 0.1) is 11.3 Å². The first-order valence-corrected chi connectivity index (χ1v) is 5.83. The van der Waals surface area contributed by atoms with Gasteiger partial charge >= 0.3 is 0 Å². The van der Waals surface area contributed by atoms with E-state index in [4.69, 9.17) is 5.26 Å². The number of nitrogens with zero attached hydrogens (tertiary/aromatic N) is 3. The largest absolute Gasteiger partial charge is 0.373 e. The van der Waals surface area contributed by atoms with Gasteiger partial charge in [0.2, 0.25) is 0 Å². The Morgan fingerprint density at radius 2 is 1.94 bits per heavy atom. The summed E-state index contributed by atoms with van der Waals surface area (Å²) in [7, 11) is 1.77. The van der Waals surface area contributed by atoms with Crippen LogP contribution in [-0.4, -0.2) is 17.0 Å². The lowest BCUT2D eigenvalue weighted by atomic mass is 10.1. The van der Waals surface area contributed by atoms with Gasteiger partial charge in [-0.1, -0.05) is 31.2 Å². The lowest BCUT2D eigenvalue weighted by Crippen LogP contribution is -1.99. The van der Waals surface area contributed by atoms with Gasteiger partial charge < -0.3 is 5.32 Å². The van der Waals surface area contributed by atoms with Crippen LogP contribution in [0.1, 0.15) is 18.2 Å². The van der Waals surface area contributed by atoms with Crippen molar-refractivity contribution in [3.63, 3.8) is 0 Å². The van der Waals surface area contributed by atoms with Crippen molar-refractivity contribution < 1.29 is 0 Å². The number of anilines is 1. The molecule has 0 spiro atoms. The average molecular weight is 238 g/mol. The molecule has 2 aromatic rings. The third-order valence-corrected chi connectivity index (χ3v) is 2.72. The first kappa shape index (κ1) is 12.1. The van der Waals surface area contributed by atoms with E-state index in [9.17, 15) is 0 Å². The number of aryl methyl sites for hydroxylation is 1. The molecule has 0 unspecified atom stereocenters. The molecule has 1 N–H and O–H groups in total. The molecular weight excluding hydrogens is 224 g/mol.